The largest absolute Gasteiger partial charge is 0.479 e. The lowest BCUT2D eigenvalue weighted by molar-refractivity contribution is -0.153. The number of hydrogen-bond donors (Lipinski definition) is 4. The third kappa shape index (κ3) is 2.53. The molecule has 1 rings (SSSR count). The predicted octanol–water partition coefficient (Wildman–Crippen LogP) is -1.34. The third-order valence-corrected chi connectivity index (χ3v) is 1.94. The Morgan fingerprint density at radius 3 is 2.44 bits per heavy atom. The summed E-state index contributed by atoms with van der Waals surface area (Å²) in [5, 5.41) is 27.0. The first-order valence-corrected chi connectivity index (χ1v) is 4.27. The van der Waals surface area contributed by atoms with Gasteiger partial charge in [0, 0.05) is 18.0 Å². The summed E-state index contributed by atoms with van der Waals surface area (Å²) in [6, 6.07) is 1.17. The van der Waals surface area contributed by atoms with E-state index in [1.807, 2.05) is 0 Å². The molecule has 0 fully saturated rings. The number of carboxylic acid groups (broad SMARTS) is 1. The van der Waals surface area contributed by atoms with E-state index in [2.05, 4.69) is 4.98 Å². The maximum atomic E-state index is 10.8. The van der Waals surface area contributed by atoms with Crippen LogP contribution in [0.25, 0.3) is 0 Å². The molecule has 0 aliphatic rings. The number of primary amides is 1. The standard InChI is InChI=1S/C9H10N2O5/c10-8(14)5-1-4(2-11-3-5)6(12)7(13)9(15)16/h1-3,6-7,12-13H,(H2,10,14)(H,15,16). The molecule has 0 saturated heterocycles. The van der Waals surface area contributed by atoms with Crippen LogP contribution in [0.5, 0.6) is 0 Å². The van der Waals surface area contributed by atoms with E-state index in [0.29, 0.717) is 0 Å². The number of nitrogens with zero attached hydrogens (tertiary/aromatic N) is 1. The van der Waals surface area contributed by atoms with Gasteiger partial charge in [-0.15, -0.1) is 0 Å². The molecular formula is C9H10N2O5. The number of carbonyl (C=O) groups is 2. The monoisotopic (exact) mass is 226 g/mol. The summed E-state index contributed by atoms with van der Waals surface area (Å²) >= 11 is 0. The molecule has 0 spiro atoms. The average molecular weight is 226 g/mol. The normalized spacial score (nSPS) is 14.1. The number of pyridine rings is 1. The number of carboxylic acids is 1. The highest BCUT2D eigenvalue weighted by molar-refractivity contribution is 5.92. The topological polar surface area (TPSA) is 134 Å². The number of aliphatic carboxylic acids is 1. The van der Waals surface area contributed by atoms with Gasteiger partial charge in [0.15, 0.2) is 6.10 Å². The fraction of sp³-hybridized carbons (Fsp3) is 0.222. The van der Waals surface area contributed by atoms with E-state index < -0.39 is 24.1 Å². The Bertz CT molecular complexity index is 420. The van der Waals surface area contributed by atoms with Crippen molar-refractivity contribution < 1.29 is 24.9 Å². The lowest BCUT2D eigenvalue weighted by atomic mass is 10.0. The summed E-state index contributed by atoms with van der Waals surface area (Å²) < 4.78 is 0. The van der Waals surface area contributed by atoms with E-state index in [1.165, 1.54) is 12.3 Å². The quantitative estimate of drug-likeness (QED) is 0.502. The number of aliphatic hydroxyl groups is 2. The highest BCUT2D eigenvalue weighted by Crippen LogP contribution is 2.17. The zero-order valence-electron chi connectivity index (χ0n) is 8.07. The molecular weight excluding hydrogens is 216 g/mol. The summed E-state index contributed by atoms with van der Waals surface area (Å²) in [6.45, 7) is 0. The smallest absolute Gasteiger partial charge is 0.335 e. The number of nitrogens with two attached hydrogens (primary N) is 1. The minimum atomic E-state index is -1.98. The first-order valence-electron chi connectivity index (χ1n) is 4.27. The number of hydrogen-bond acceptors (Lipinski definition) is 5. The van der Waals surface area contributed by atoms with E-state index in [9.17, 15) is 14.7 Å². The van der Waals surface area contributed by atoms with Gasteiger partial charge in [0.1, 0.15) is 6.10 Å². The molecule has 86 valence electrons. The second kappa shape index (κ2) is 4.69. The Morgan fingerprint density at radius 2 is 1.94 bits per heavy atom. The maximum absolute atomic E-state index is 10.8. The van der Waals surface area contributed by atoms with Gasteiger partial charge >= 0.3 is 5.97 Å². The molecule has 7 heteroatoms. The zero-order chi connectivity index (χ0) is 12.3. The molecule has 7 nitrogen and oxygen atoms in total. The van der Waals surface area contributed by atoms with E-state index in [1.54, 1.807) is 0 Å². The molecule has 1 aromatic heterocycles. The Morgan fingerprint density at radius 1 is 1.31 bits per heavy atom. The molecule has 0 aliphatic carbocycles. The fourth-order valence-corrected chi connectivity index (χ4v) is 1.07. The van der Waals surface area contributed by atoms with Gasteiger partial charge in [-0.05, 0) is 6.07 Å². The van der Waals surface area contributed by atoms with Crippen LogP contribution in [-0.2, 0) is 4.79 Å². The fourth-order valence-electron chi connectivity index (χ4n) is 1.07. The highest BCUT2D eigenvalue weighted by Gasteiger charge is 2.25. The second-order valence-electron chi connectivity index (χ2n) is 3.10. The SMILES string of the molecule is NC(=O)c1cncc(C(O)C(O)C(=O)O)c1. The lowest BCUT2D eigenvalue weighted by Gasteiger charge is -2.14. The summed E-state index contributed by atoms with van der Waals surface area (Å²) in [5.74, 6) is -2.33. The van der Waals surface area contributed by atoms with Gasteiger partial charge < -0.3 is 21.1 Å². The van der Waals surface area contributed by atoms with Gasteiger partial charge in [-0.25, -0.2) is 4.79 Å². The summed E-state index contributed by atoms with van der Waals surface area (Å²) in [5.41, 5.74) is 5.01. The van der Waals surface area contributed by atoms with Gasteiger partial charge in [0.25, 0.3) is 0 Å². The number of aliphatic hydroxyl groups excluding tert-OH is 2. The van der Waals surface area contributed by atoms with Crippen LogP contribution in [0.4, 0.5) is 0 Å². The number of aromatic nitrogens is 1. The molecule has 16 heavy (non-hydrogen) atoms. The van der Waals surface area contributed by atoms with Crippen LogP contribution in [0.15, 0.2) is 18.5 Å². The van der Waals surface area contributed by atoms with Crippen molar-refractivity contribution in [2.45, 2.75) is 12.2 Å². The molecule has 0 radical (unpaired) electrons. The van der Waals surface area contributed by atoms with Gasteiger partial charge in [0.2, 0.25) is 5.91 Å². The lowest BCUT2D eigenvalue weighted by Crippen LogP contribution is -2.27. The van der Waals surface area contributed by atoms with Crippen molar-refractivity contribution in [3.8, 4) is 0 Å². The Labute approximate surface area is 90.2 Å². The number of amides is 1. The maximum Gasteiger partial charge on any atom is 0.335 e. The first-order chi connectivity index (χ1) is 7.43. The summed E-state index contributed by atoms with van der Waals surface area (Å²) in [7, 11) is 0. The molecule has 1 amide bonds. The molecule has 2 atom stereocenters. The van der Waals surface area contributed by atoms with Crippen LogP contribution in [0.1, 0.15) is 22.0 Å². The van der Waals surface area contributed by atoms with Gasteiger partial charge in [0.05, 0.1) is 5.56 Å². The zero-order valence-corrected chi connectivity index (χ0v) is 8.07. The van der Waals surface area contributed by atoms with Crippen molar-refractivity contribution in [2.75, 3.05) is 0 Å². The van der Waals surface area contributed by atoms with Crippen LogP contribution in [0.2, 0.25) is 0 Å². The number of carbonyl (C=O) groups excluding carboxylic acids is 1. The van der Waals surface area contributed by atoms with Crippen molar-refractivity contribution in [3.63, 3.8) is 0 Å². The molecule has 5 N–H and O–H groups in total. The first kappa shape index (κ1) is 12.1. The molecule has 2 unspecified atom stereocenters. The van der Waals surface area contributed by atoms with Gasteiger partial charge in [-0.2, -0.15) is 0 Å². The Hall–Kier alpha value is -1.99. The molecule has 1 heterocycles. The van der Waals surface area contributed by atoms with Crippen LogP contribution in [0.3, 0.4) is 0 Å². The van der Waals surface area contributed by atoms with Crippen LogP contribution >= 0.6 is 0 Å². The van der Waals surface area contributed by atoms with Crippen molar-refractivity contribution in [1.82, 2.24) is 4.98 Å². The Balaban J connectivity index is 3.00. The Kier molecular flexibility index (Phi) is 3.54. The molecule has 0 aliphatic heterocycles. The van der Waals surface area contributed by atoms with E-state index >= 15 is 0 Å². The molecule has 1 aromatic rings. The minimum Gasteiger partial charge on any atom is -0.479 e. The number of rotatable bonds is 4. The molecule has 0 bridgehead atoms. The third-order valence-electron chi connectivity index (χ3n) is 1.94. The van der Waals surface area contributed by atoms with E-state index in [-0.39, 0.29) is 11.1 Å². The predicted molar refractivity (Wildman–Crippen MR) is 51.4 cm³/mol. The van der Waals surface area contributed by atoms with Gasteiger partial charge in [-0.1, -0.05) is 0 Å². The van der Waals surface area contributed by atoms with Crippen molar-refractivity contribution in [2.24, 2.45) is 5.73 Å². The van der Waals surface area contributed by atoms with Crippen molar-refractivity contribution >= 4 is 11.9 Å². The second-order valence-corrected chi connectivity index (χ2v) is 3.10. The van der Waals surface area contributed by atoms with Crippen LogP contribution in [-0.4, -0.2) is 38.3 Å². The average Bonchev–Trinajstić information content (AvgIpc) is 2.27. The summed E-state index contributed by atoms with van der Waals surface area (Å²) in [4.78, 5) is 24.8. The van der Waals surface area contributed by atoms with E-state index in [0.717, 1.165) is 6.20 Å². The summed E-state index contributed by atoms with van der Waals surface area (Å²) in [6.07, 6.45) is -1.33. The molecule has 0 aromatic carbocycles. The molecule has 0 saturated carbocycles. The van der Waals surface area contributed by atoms with Crippen molar-refractivity contribution in [1.29, 1.82) is 0 Å². The van der Waals surface area contributed by atoms with Crippen molar-refractivity contribution in [3.05, 3.63) is 29.6 Å². The minimum absolute atomic E-state index is 0.00574. The van der Waals surface area contributed by atoms with E-state index in [4.69, 9.17) is 15.9 Å². The van der Waals surface area contributed by atoms with Crippen LogP contribution in [0, 0.1) is 0 Å². The van der Waals surface area contributed by atoms with Gasteiger partial charge in [-0.3, -0.25) is 9.78 Å². The van der Waals surface area contributed by atoms with Crippen LogP contribution < -0.4 is 5.73 Å². The highest BCUT2D eigenvalue weighted by atomic mass is 16.4.